The molecule has 1 saturated heterocycles. The Morgan fingerprint density at radius 1 is 1.04 bits per heavy atom. The van der Waals surface area contributed by atoms with Gasteiger partial charge in [-0.15, -0.1) is 0 Å². The van der Waals surface area contributed by atoms with Crippen molar-refractivity contribution in [3.63, 3.8) is 0 Å². The fraction of sp³-hybridized carbons (Fsp3) is 0.500. The van der Waals surface area contributed by atoms with E-state index in [2.05, 4.69) is 50.2 Å². The highest BCUT2D eigenvalue weighted by atomic mass is 35.5. The molecule has 2 atom stereocenters. The third kappa shape index (κ3) is 3.32. The molecule has 0 aromatic heterocycles. The summed E-state index contributed by atoms with van der Waals surface area (Å²) in [5.41, 5.74) is 6.84. The Morgan fingerprint density at radius 2 is 1.77 bits per heavy atom. The number of halogens is 1. The lowest BCUT2D eigenvalue weighted by atomic mass is 9.73. The normalized spacial score (nSPS) is 25.3. The predicted molar refractivity (Wildman–Crippen MR) is 109 cm³/mol. The van der Waals surface area contributed by atoms with E-state index in [0.717, 1.165) is 37.1 Å². The zero-order valence-corrected chi connectivity index (χ0v) is 16.7. The molecule has 0 N–H and O–H groups in total. The van der Waals surface area contributed by atoms with Gasteiger partial charge in [-0.3, -0.25) is 0 Å². The molecule has 2 aromatic rings. The van der Waals surface area contributed by atoms with Crippen LogP contribution >= 0.6 is 11.6 Å². The van der Waals surface area contributed by atoms with Crippen LogP contribution in [0.4, 0.5) is 0 Å². The SMILES string of the molecule is CCc1ccc(Cc2c(Cl)ccc3c2CCCC32CCCC(C)O2)cc1. The summed E-state index contributed by atoms with van der Waals surface area (Å²) >= 11 is 6.68. The van der Waals surface area contributed by atoms with E-state index < -0.39 is 0 Å². The topological polar surface area (TPSA) is 9.23 Å². The van der Waals surface area contributed by atoms with E-state index in [0.29, 0.717) is 6.10 Å². The molecule has 1 fully saturated rings. The van der Waals surface area contributed by atoms with E-state index in [9.17, 15) is 0 Å². The maximum absolute atomic E-state index is 6.68. The minimum atomic E-state index is -0.0728. The highest BCUT2D eigenvalue weighted by molar-refractivity contribution is 6.31. The van der Waals surface area contributed by atoms with E-state index in [-0.39, 0.29) is 5.60 Å². The molecule has 26 heavy (non-hydrogen) atoms. The van der Waals surface area contributed by atoms with Crippen molar-refractivity contribution in [2.75, 3.05) is 0 Å². The summed E-state index contributed by atoms with van der Waals surface area (Å²) in [6.45, 7) is 4.42. The molecule has 0 radical (unpaired) electrons. The van der Waals surface area contributed by atoms with Crippen LogP contribution in [0.5, 0.6) is 0 Å². The van der Waals surface area contributed by atoms with Crippen LogP contribution in [0.2, 0.25) is 5.02 Å². The molecule has 4 rings (SSSR count). The number of hydrogen-bond donors (Lipinski definition) is 0. The van der Waals surface area contributed by atoms with Gasteiger partial charge in [0.05, 0.1) is 11.7 Å². The van der Waals surface area contributed by atoms with Gasteiger partial charge in [0.2, 0.25) is 0 Å². The van der Waals surface area contributed by atoms with Crippen LogP contribution in [0, 0.1) is 0 Å². The van der Waals surface area contributed by atoms with Gasteiger partial charge in [-0.1, -0.05) is 48.9 Å². The van der Waals surface area contributed by atoms with E-state index >= 15 is 0 Å². The second-order valence-corrected chi connectivity index (χ2v) is 8.47. The van der Waals surface area contributed by atoms with E-state index in [1.165, 1.54) is 47.1 Å². The molecule has 0 amide bonds. The van der Waals surface area contributed by atoms with Crippen LogP contribution in [0.15, 0.2) is 36.4 Å². The van der Waals surface area contributed by atoms with E-state index in [4.69, 9.17) is 16.3 Å². The van der Waals surface area contributed by atoms with Crippen molar-refractivity contribution >= 4 is 11.6 Å². The average Bonchev–Trinajstić information content (AvgIpc) is 2.65. The molecule has 138 valence electrons. The van der Waals surface area contributed by atoms with Crippen molar-refractivity contribution in [2.24, 2.45) is 0 Å². The molecule has 1 aliphatic carbocycles. The fourth-order valence-electron chi connectivity index (χ4n) is 4.91. The summed E-state index contributed by atoms with van der Waals surface area (Å²) in [5, 5.41) is 0.907. The zero-order valence-electron chi connectivity index (χ0n) is 16.0. The van der Waals surface area contributed by atoms with Gasteiger partial charge in [-0.25, -0.2) is 0 Å². The minimum Gasteiger partial charge on any atom is -0.367 e. The van der Waals surface area contributed by atoms with Crippen LogP contribution in [-0.4, -0.2) is 6.10 Å². The zero-order chi connectivity index (χ0) is 18.1. The van der Waals surface area contributed by atoms with Crippen molar-refractivity contribution in [1.29, 1.82) is 0 Å². The molecule has 2 aliphatic rings. The minimum absolute atomic E-state index is 0.0728. The highest BCUT2D eigenvalue weighted by Crippen LogP contribution is 2.47. The summed E-state index contributed by atoms with van der Waals surface area (Å²) in [4.78, 5) is 0. The van der Waals surface area contributed by atoms with Gasteiger partial charge in [0.15, 0.2) is 0 Å². The van der Waals surface area contributed by atoms with Crippen LogP contribution in [-0.2, 0) is 29.6 Å². The third-order valence-corrected chi connectivity index (χ3v) is 6.66. The maximum Gasteiger partial charge on any atom is 0.0937 e. The van der Waals surface area contributed by atoms with Crippen molar-refractivity contribution < 1.29 is 4.74 Å². The molecule has 2 unspecified atom stereocenters. The molecular weight excluding hydrogens is 340 g/mol. The second kappa shape index (κ2) is 7.37. The molecule has 2 heteroatoms. The van der Waals surface area contributed by atoms with Crippen LogP contribution in [0.25, 0.3) is 0 Å². The molecule has 1 nitrogen and oxygen atoms in total. The first kappa shape index (κ1) is 18.1. The van der Waals surface area contributed by atoms with Gasteiger partial charge in [-0.05, 0) is 92.2 Å². The summed E-state index contributed by atoms with van der Waals surface area (Å²) in [6.07, 6.45) is 9.42. The monoisotopic (exact) mass is 368 g/mol. The summed E-state index contributed by atoms with van der Waals surface area (Å²) in [5.74, 6) is 0. The van der Waals surface area contributed by atoms with Crippen molar-refractivity contribution in [3.8, 4) is 0 Å². The number of rotatable bonds is 3. The van der Waals surface area contributed by atoms with Gasteiger partial charge < -0.3 is 4.74 Å². The Kier molecular flexibility index (Phi) is 5.12. The second-order valence-electron chi connectivity index (χ2n) is 8.07. The van der Waals surface area contributed by atoms with Crippen LogP contribution in [0.1, 0.15) is 73.8 Å². The van der Waals surface area contributed by atoms with Gasteiger partial charge in [0, 0.05) is 5.02 Å². The molecule has 1 aliphatic heterocycles. The van der Waals surface area contributed by atoms with Crippen molar-refractivity contribution in [3.05, 3.63) is 69.2 Å². The van der Waals surface area contributed by atoms with E-state index in [1.807, 2.05) is 0 Å². The molecular formula is C24H29ClO. The largest absolute Gasteiger partial charge is 0.367 e. The van der Waals surface area contributed by atoms with Crippen LogP contribution in [0.3, 0.4) is 0 Å². The lowest BCUT2D eigenvalue weighted by Crippen LogP contribution is -2.40. The Hall–Kier alpha value is -1.31. The Morgan fingerprint density at radius 3 is 2.50 bits per heavy atom. The summed E-state index contributed by atoms with van der Waals surface area (Å²) < 4.78 is 6.57. The van der Waals surface area contributed by atoms with Crippen LogP contribution < -0.4 is 0 Å². The third-order valence-electron chi connectivity index (χ3n) is 6.30. The number of aryl methyl sites for hydroxylation is 1. The first-order valence-corrected chi connectivity index (χ1v) is 10.6. The Bertz CT molecular complexity index is 780. The lowest BCUT2D eigenvalue weighted by Gasteiger charge is -2.45. The number of ether oxygens (including phenoxy) is 1. The van der Waals surface area contributed by atoms with Crippen molar-refractivity contribution in [2.45, 2.75) is 76.9 Å². The number of fused-ring (bicyclic) bond motifs is 2. The standard InChI is InChI=1S/C24H29ClO/c1-3-18-8-10-19(11-9-18)16-21-20-7-5-15-24(14-4-6-17(2)26-24)22(20)12-13-23(21)25/h8-13,17H,3-7,14-16H2,1-2H3. The Labute approximate surface area is 162 Å². The first-order valence-electron chi connectivity index (χ1n) is 10.2. The van der Waals surface area contributed by atoms with Gasteiger partial charge in [0.1, 0.15) is 0 Å². The van der Waals surface area contributed by atoms with E-state index in [1.54, 1.807) is 0 Å². The average molecular weight is 369 g/mol. The lowest BCUT2D eigenvalue weighted by molar-refractivity contribution is -0.136. The fourth-order valence-corrected chi connectivity index (χ4v) is 5.15. The quantitative estimate of drug-likeness (QED) is 0.591. The first-order chi connectivity index (χ1) is 12.6. The maximum atomic E-state index is 6.68. The highest BCUT2D eigenvalue weighted by Gasteiger charge is 2.41. The van der Waals surface area contributed by atoms with Gasteiger partial charge in [0.25, 0.3) is 0 Å². The molecule has 2 aromatic carbocycles. The number of hydrogen-bond acceptors (Lipinski definition) is 1. The predicted octanol–water partition coefficient (Wildman–Crippen LogP) is 6.61. The summed E-state index contributed by atoms with van der Waals surface area (Å²) in [6, 6.07) is 13.3. The molecule has 0 bridgehead atoms. The Balaban J connectivity index is 1.72. The van der Waals surface area contributed by atoms with Crippen molar-refractivity contribution in [1.82, 2.24) is 0 Å². The molecule has 0 saturated carbocycles. The summed E-state index contributed by atoms with van der Waals surface area (Å²) in [7, 11) is 0. The van der Waals surface area contributed by atoms with Gasteiger partial charge >= 0.3 is 0 Å². The molecule has 1 heterocycles. The number of benzene rings is 2. The van der Waals surface area contributed by atoms with Gasteiger partial charge in [-0.2, -0.15) is 0 Å². The molecule has 1 spiro atoms. The smallest absolute Gasteiger partial charge is 0.0937 e.